The summed E-state index contributed by atoms with van der Waals surface area (Å²) in [6.07, 6.45) is 3.37. The van der Waals surface area contributed by atoms with Crippen molar-refractivity contribution in [3.8, 4) is 0 Å². The van der Waals surface area contributed by atoms with E-state index in [0.29, 0.717) is 0 Å². The SMILES string of the molecule is CCS(=O)(=O)[C@@H](C(=O)O)C1CCCC1. The second-order valence-electron chi connectivity index (χ2n) is 3.75. The summed E-state index contributed by atoms with van der Waals surface area (Å²) in [5.41, 5.74) is 0. The minimum absolute atomic E-state index is 0.0829. The van der Waals surface area contributed by atoms with E-state index in [-0.39, 0.29) is 11.7 Å². The van der Waals surface area contributed by atoms with Crippen molar-refractivity contribution in [2.45, 2.75) is 37.9 Å². The molecule has 82 valence electrons. The van der Waals surface area contributed by atoms with Gasteiger partial charge in [0.25, 0.3) is 0 Å². The number of sulfone groups is 1. The van der Waals surface area contributed by atoms with E-state index < -0.39 is 21.1 Å². The Hall–Kier alpha value is -0.580. The minimum Gasteiger partial charge on any atom is -0.480 e. The quantitative estimate of drug-likeness (QED) is 0.769. The molecule has 1 fully saturated rings. The zero-order valence-electron chi connectivity index (χ0n) is 8.27. The Morgan fingerprint density at radius 3 is 2.29 bits per heavy atom. The third-order valence-corrected chi connectivity index (χ3v) is 5.03. The first kappa shape index (κ1) is 11.5. The lowest BCUT2D eigenvalue weighted by Gasteiger charge is -2.18. The third-order valence-electron chi connectivity index (χ3n) is 2.86. The maximum absolute atomic E-state index is 11.5. The molecule has 1 saturated carbocycles. The molecule has 0 aromatic carbocycles. The highest BCUT2D eigenvalue weighted by atomic mass is 32.2. The Labute approximate surface area is 84.2 Å². The summed E-state index contributed by atoms with van der Waals surface area (Å²) in [5, 5.41) is 7.75. The van der Waals surface area contributed by atoms with Crippen LogP contribution in [0.5, 0.6) is 0 Å². The van der Waals surface area contributed by atoms with Crippen LogP contribution in [0.25, 0.3) is 0 Å². The lowest BCUT2D eigenvalue weighted by atomic mass is 10.0. The summed E-state index contributed by atoms with van der Waals surface area (Å²) in [7, 11) is -3.44. The molecule has 0 spiro atoms. The molecule has 0 saturated heterocycles. The summed E-state index contributed by atoms with van der Waals surface area (Å²) in [5.74, 6) is -1.43. The predicted octanol–water partition coefficient (Wildman–Crippen LogP) is 1.06. The summed E-state index contributed by atoms with van der Waals surface area (Å²) in [6, 6.07) is 0. The molecular weight excluding hydrogens is 204 g/mol. The molecule has 1 N–H and O–H groups in total. The van der Waals surface area contributed by atoms with Gasteiger partial charge in [-0.05, 0) is 18.8 Å². The van der Waals surface area contributed by atoms with Crippen LogP contribution in [0.1, 0.15) is 32.6 Å². The fourth-order valence-corrected chi connectivity index (χ4v) is 3.61. The normalized spacial score (nSPS) is 20.9. The van der Waals surface area contributed by atoms with Gasteiger partial charge in [-0.3, -0.25) is 4.79 Å². The molecule has 0 bridgehead atoms. The standard InChI is InChI=1S/C9H16O4S/c1-2-14(12,13)8(9(10)11)7-5-3-4-6-7/h7-8H,2-6H2,1H3,(H,10,11)/t8-/m1/s1. The van der Waals surface area contributed by atoms with Crippen LogP contribution < -0.4 is 0 Å². The fraction of sp³-hybridized carbons (Fsp3) is 0.889. The van der Waals surface area contributed by atoms with E-state index in [1.165, 1.54) is 6.92 Å². The van der Waals surface area contributed by atoms with E-state index in [1.807, 2.05) is 0 Å². The van der Waals surface area contributed by atoms with Gasteiger partial charge in [0.1, 0.15) is 0 Å². The van der Waals surface area contributed by atoms with Crippen LogP contribution in [-0.4, -0.2) is 30.5 Å². The maximum atomic E-state index is 11.5. The van der Waals surface area contributed by atoms with Crippen molar-refractivity contribution in [2.24, 2.45) is 5.92 Å². The minimum atomic E-state index is -3.44. The smallest absolute Gasteiger partial charge is 0.322 e. The molecule has 1 aliphatic rings. The van der Waals surface area contributed by atoms with Crippen molar-refractivity contribution in [1.29, 1.82) is 0 Å². The Balaban J connectivity index is 2.89. The topological polar surface area (TPSA) is 71.4 Å². The van der Waals surface area contributed by atoms with E-state index in [1.54, 1.807) is 0 Å². The Kier molecular flexibility index (Phi) is 3.53. The van der Waals surface area contributed by atoms with E-state index in [4.69, 9.17) is 5.11 Å². The third kappa shape index (κ3) is 2.26. The van der Waals surface area contributed by atoms with Gasteiger partial charge in [-0.1, -0.05) is 19.8 Å². The zero-order chi connectivity index (χ0) is 10.8. The average Bonchev–Trinajstić information content (AvgIpc) is 2.56. The number of carboxylic acid groups (broad SMARTS) is 1. The summed E-state index contributed by atoms with van der Waals surface area (Å²) in [4.78, 5) is 10.9. The molecule has 0 aliphatic heterocycles. The van der Waals surface area contributed by atoms with Gasteiger partial charge in [-0.25, -0.2) is 8.42 Å². The molecule has 14 heavy (non-hydrogen) atoms. The number of carboxylic acids is 1. The average molecular weight is 220 g/mol. The monoisotopic (exact) mass is 220 g/mol. The highest BCUT2D eigenvalue weighted by Gasteiger charge is 2.39. The van der Waals surface area contributed by atoms with Crippen molar-refractivity contribution in [1.82, 2.24) is 0 Å². The first-order chi connectivity index (χ1) is 6.49. The van der Waals surface area contributed by atoms with Crippen LogP contribution >= 0.6 is 0 Å². The first-order valence-electron chi connectivity index (χ1n) is 4.93. The molecule has 5 heteroatoms. The molecule has 1 atom stereocenters. The summed E-state index contributed by atoms with van der Waals surface area (Å²) in [6.45, 7) is 1.50. The number of rotatable bonds is 4. The van der Waals surface area contributed by atoms with Gasteiger partial charge in [0.15, 0.2) is 15.1 Å². The van der Waals surface area contributed by atoms with Crippen LogP contribution in [0.3, 0.4) is 0 Å². The highest BCUT2D eigenvalue weighted by Crippen LogP contribution is 2.31. The van der Waals surface area contributed by atoms with Gasteiger partial charge in [0, 0.05) is 5.75 Å². The van der Waals surface area contributed by atoms with Gasteiger partial charge in [-0.15, -0.1) is 0 Å². The summed E-state index contributed by atoms with van der Waals surface area (Å²) >= 11 is 0. The molecule has 0 unspecified atom stereocenters. The van der Waals surface area contributed by atoms with Crippen molar-refractivity contribution in [3.63, 3.8) is 0 Å². The fourth-order valence-electron chi connectivity index (χ4n) is 2.09. The molecule has 0 heterocycles. The lowest BCUT2D eigenvalue weighted by Crippen LogP contribution is -2.37. The number of carbonyl (C=O) groups is 1. The van der Waals surface area contributed by atoms with Gasteiger partial charge in [0.05, 0.1) is 0 Å². The van der Waals surface area contributed by atoms with E-state index in [0.717, 1.165) is 25.7 Å². The largest absolute Gasteiger partial charge is 0.480 e. The Morgan fingerprint density at radius 2 is 1.93 bits per heavy atom. The van der Waals surface area contributed by atoms with Gasteiger partial charge in [0.2, 0.25) is 0 Å². The van der Waals surface area contributed by atoms with Crippen LogP contribution in [0, 0.1) is 5.92 Å². The maximum Gasteiger partial charge on any atom is 0.322 e. The lowest BCUT2D eigenvalue weighted by molar-refractivity contribution is -0.137. The highest BCUT2D eigenvalue weighted by molar-refractivity contribution is 7.92. The van der Waals surface area contributed by atoms with E-state index in [2.05, 4.69) is 0 Å². The first-order valence-corrected chi connectivity index (χ1v) is 6.65. The van der Waals surface area contributed by atoms with Gasteiger partial charge in [-0.2, -0.15) is 0 Å². The van der Waals surface area contributed by atoms with Gasteiger partial charge >= 0.3 is 5.97 Å². The van der Waals surface area contributed by atoms with Crippen molar-refractivity contribution in [3.05, 3.63) is 0 Å². The molecular formula is C9H16O4S. The number of hydrogen-bond donors (Lipinski definition) is 1. The molecule has 1 aliphatic carbocycles. The van der Waals surface area contributed by atoms with Gasteiger partial charge < -0.3 is 5.11 Å². The van der Waals surface area contributed by atoms with Crippen molar-refractivity contribution >= 4 is 15.8 Å². The molecule has 0 aromatic rings. The van der Waals surface area contributed by atoms with Crippen LogP contribution in [-0.2, 0) is 14.6 Å². The number of aliphatic carboxylic acids is 1. The van der Waals surface area contributed by atoms with Crippen molar-refractivity contribution in [2.75, 3.05) is 5.75 Å². The Morgan fingerprint density at radius 1 is 1.43 bits per heavy atom. The zero-order valence-corrected chi connectivity index (χ0v) is 9.09. The molecule has 0 aromatic heterocycles. The molecule has 0 radical (unpaired) electrons. The van der Waals surface area contributed by atoms with Crippen molar-refractivity contribution < 1.29 is 18.3 Å². The van der Waals surface area contributed by atoms with E-state index in [9.17, 15) is 13.2 Å². The second kappa shape index (κ2) is 4.29. The predicted molar refractivity (Wildman–Crippen MR) is 52.8 cm³/mol. The molecule has 4 nitrogen and oxygen atoms in total. The van der Waals surface area contributed by atoms with Crippen LogP contribution in [0.15, 0.2) is 0 Å². The molecule has 1 rings (SSSR count). The number of hydrogen-bond acceptors (Lipinski definition) is 3. The Bertz CT molecular complexity index is 301. The van der Waals surface area contributed by atoms with Crippen LogP contribution in [0.2, 0.25) is 0 Å². The second-order valence-corrected chi connectivity index (χ2v) is 6.17. The summed E-state index contributed by atoms with van der Waals surface area (Å²) < 4.78 is 23.1. The van der Waals surface area contributed by atoms with E-state index >= 15 is 0 Å². The molecule has 0 amide bonds. The van der Waals surface area contributed by atoms with Crippen LogP contribution in [0.4, 0.5) is 0 Å².